The van der Waals surface area contributed by atoms with Crippen LogP contribution in [0, 0.1) is 5.82 Å². The molecule has 1 atom stereocenters. The number of benzene rings is 1. The summed E-state index contributed by atoms with van der Waals surface area (Å²) in [5, 5.41) is 3.58. The van der Waals surface area contributed by atoms with Crippen LogP contribution in [0.25, 0.3) is 0 Å². The Morgan fingerprint density at radius 2 is 1.96 bits per heavy atom. The first-order chi connectivity index (χ1) is 10.9. The Morgan fingerprint density at radius 3 is 2.52 bits per heavy atom. The highest BCUT2D eigenvalue weighted by atomic mass is 32.2. The van der Waals surface area contributed by atoms with Crippen LogP contribution in [0.2, 0.25) is 0 Å². The van der Waals surface area contributed by atoms with E-state index in [2.05, 4.69) is 5.32 Å². The fourth-order valence-electron chi connectivity index (χ4n) is 2.15. The van der Waals surface area contributed by atoms with Gasteiger partial charge in [0, 0.05) is 17.8 Å². The first-order valence-corrected chi connectivity index (χ1v) is 9.67. The molecule has 0 aliphatic rings. The SMILES string of the molecule is CCCC(=O)NC[C@@H](c1cccs1)S(=O)(=O)c1ccc(F)cc1. The Kier molecular flexibility index (Phi) is 5.90. The molecule has 0 radical (unpaired) electrons. The fourth-order valence-corrected chi connectivity index (χ4v) is 4.93. The van der Waals surface area contributed by atoms with E-state index in [1.807, 2.05) is 6.92 Å². The standard InChI is InChI=1S/C16H18FNO3S2/c1-2-4-16(19)18-11-15(14-5-3-10-22-14)23(20,21)13-8-6-12(17)7-9-13/h3,5-10,15H,2,4,11H2,1H3,(H,18,19)/t15-/m0/s1. The van der Waals surface area contributed by atoms with Crippen LogP contribution in [0.15, 0.2) is 46.7 Å². The van der Waals surface area contributed by atoms with E-state index in [0.29, 0.717) is 17.7 Å². The minimum Gasteiger partial charge on any atom is -0.354 e. The number of hydrogen-bond donors (Lipinski definition) is 1. The molecule has 0 spiro atoms. The van der Waals surface area contributed by atoms with E-state index in [1.54, 1.807) is 17.5 Å². The van der Waals surface area contributed by atoms with Gasteiger partial charge in [-0.2, -0.15) is 0 Å². The van der Waals surface area contributed by atoms with Gasteiger partial charge in [0.25, 0.3) is 0 Å². The van der Waals surface area contributed by atoms with Crippen LogP contribution in [0.3, 0.4) is 0 Å². The largest absolute Gasteiger partial charge is 0.354 e. The molecular weight excluding hydrogens is 337 g/mol. The van der Waals surface area contributed by atoms with Gasteiger partial charge >= 0.3 is 0 Å². The van der Waals surface area contributed by atoms with E-state index in [1.165, 1.54) is 23.5 Å². The van der Waals surface area contributed by atoms with Gasteiger partial charge in [0.1, 0.15) is 11.1 Å². The Balaban J connectivity index is 2.29. The van der Waals surface area contributed by atoms with E-state index in [0.717, 1.165) is 12.1 Å². The zero-order valence-electron chi connectivity index (χ0n) is 12.7. The molecule has 1 N–H and O–H groups in total. The van der Waals surface area contributed by atoms with E-state index in [9.17, 15) is 17.6 Å². The smallest absolute Gasteiger partial charge is 0.220 e. The molecule has 2 rings (SSSR count). The molecule has 124 valence electrons. The number of carbonyl (C=O) groups is 1. The van der Waals surface area contributed by atoms with Crippen LogP contribution in [0.5, 0.6) is 0 Å². The average molecular weight is 355 g/mol. The molecule has 1 amide bonds. The maximum atomic E-state index is 13.0. The summed E-state index contributed by atoms with van der Waals surface area (Å²) in [6.45, 7) is 1.88. The molecule has 1 aromatic heterocycles. The van der Waals surface area contributed by atoms with E-state index in [-0.39, 0.29) is 17.3 Å². The third-order valence-corrected chi connectivity index (χ3v) is 6.57. The number of hydrogen-bond acceptors (Lipinski definition) is 4. The minimum atomic E-state index is -3.72. The van der Waals surface area contributed by atoms with Crippen molar-refractivity contribution in [1.82, 2.24) is 5.32 Å². The number of carbonyl (C=O) groups excluding carboxylic acids is 1. The number of thiophene rings is 1. The van der Waals surface area contributed by atoms with E-state index < -0.39 is 20.9 Å². The summed E-state index contributed by atoms with van der Waals surface area (Å²) in [4.78, 5) is 12.4. The van der Waals surface area contributed by atoms with Crippen molar-refractivity contribution in [1.29, 1.82) is 0 Å². The molecule has 0 fully saturated rings. The fraction of sp³-hybridized carbons (Fsp3) is 0.312. The molecule has 4 nitrogen and oxygen atoms in total. The predicted octanol–water partition coefficient (Wildman–Crippen LogP) is 3.32. The van der Waals surface area contributed by atoms with Crippen LogP contribution in [0.4, 0.5) is 4.39 Å². The van der Waals surface area contributed by atoms with Crippen LogP contribution in [-0.4, -0.2) is 20.9 Å². The van der Waals surface area contributed by atoms with E-state index in [4.69, 9.17) is 0 Å². The van der Waals surface area contributed by atoms with Crippen molar-refractivity contribution >= 4 is 27.1 Å². The second-order valence-electron chi connectivity index (χ2n) is 5.06. The normalized spacial score (nSPS) is 12.8. The first-order valence-electron chi connectivity index (χ1n) is 7.24. The molecule has 0 aliphatic heterocycles. The lowest BCUT2D eigenvalue weighted by molar-refractivity contribution is -0.121. The summed E-state index contributed by atoms with van der Waals surface area (Å²) in [6, 6.07) is 8.23. The van der Waals surface area contributed by atoms with Crippen molar-refractivity contribution in [3.63, 3.8) is 0 Å². The van der Waals surface area contributed by atoms with Gasteiger partial charge in [0.15, 0.2) is 9.84 Å². The summed E-state index contributed by atoms with van der Waals surface area (Å²) < 4.78 is 38.7. The maximum Gasteiger partial charge on any atom is 0.220 e. The highest BCUT2D eigenvalue weighted by Gasteiger charge is 2.30. The molecule has 1 heterocycles. The van der Waals surface area contributed by atoms with Crippen LogP contribution in [0.1, 0.15) is 29.9 Å². The van der Waals surface area contributed by atoms with Crippen molar-refractivity contribution in [2.24, 2.45) is 0 Å². The molecule has 2 aromatic rings. The van der Waals surface area contributed by atoms with Crippen LogP contribution in [-0.2, 0) is 14.6 Å². The van der Waals surface area contributed by atoms with Gasteiger partial charge in [-0.25, -0.2) is 12.8 Å². The number of amides is 1. The van der Waals surface area contributed by atoms with Gasteiger partial charge in [-0.15, -0.1) is 11.3 Å². The molecular formula is C16H18FNO3S2. The molecule has 0 unspecified atom stereocenters. The second kappa shape index (κ2) is 7.70. The highest BCUT2D eigenvalue weighted by Crippen LogP contribution is 2.31. The molecule has 0 bridgehead atoms. The number of sulfone groups is 1. The summed E-state index contributed by atoms with van der Waals surface area (Å²) >= 11 is 1.32. The number of halogens is 1. The average Bonchev–Trinajstić information content (AvgIpc) is 3.02. The molecule has 0 saturated carbocycles. The Hall–Kier alpha value is -1.73. The van der Waals surface area contributed by atoms with Gasteiger partial charge in [-0.3, -0.25) is 4.79 Å². The quantitative estimate of drug-likeness (QED) is 0.775. The Labute approximate surface area is 139 Å². The third kappa shape index (κ3) is 4.39. The van der Waals surface area contributed by atoms with Crippen molar-refractivity contribution in [3.8, 4) is 0 Å². The Morgan fingerprint density at radius 1 is 1.26 bits per heavy atom. The topological polar surface area (TPSA) is 63.2 Å². The van der Waals surface area contributed by atoms with Crippen molar-refractivity contribution in [3.05, 3.63) is 52.5 Å². The maximum absolute atomic E-state index is 13.0. The first kappa shape index (κ1) is 17.6. The van der Waals surface area contributed by atoms with Crippen molar-refractivity contribution < 1.29 is 17.6 Å². The lowest BCUT2D eigenvalue weighted by Gasteiger charge is -2.17. The Bertz CT molecular complexity index is 740. The molecule has 1 aromatic carbocycles. The molecule has 0 saturated heterocycles. The van der Waals surface area contributed by atoms with Gasteiger partial charge in [0.05, 0.1) is 4.90 Å². The molecule has 7 heteroatoms. The van der Waals surface area contributed by atoms with Crippen LogP contribution >= 0.6 is 11.3 Å². The molecule has 0 aliphatic carbocycles. The molecule has 23 heavy (non-hydrogen) atoms. The van der Waals surface area contributed by atoms with E-state index >= 15 is 0 Å². The second-order valence-corrected chi connectivity index (χ2v) is 8.17. The third-order valence-electron chi connectivity index (χ3n) is 3.34. The number of rotatable bonds is 7. The predicted molar refractivity (Wildman–Crippen MR) is 88.6 cm³/mol. The van der Waals surface area contributed by atoms with Crippen LogP contribution < -0.4 is 5.32 Å². The van der Waals surface area contributed by atoms with Crippen molar-refractivity contribution in [2.45, 2.75) is 29.9 Å². The van der Waals surface area contributed by atoms with Gasteiger partial charge in [-0.05, 0) is 42.1 Å². The zero-order valence-corrected chi connectivity index (χ0v) is 14.3. The number of nitrogens with one attached hydrogen (secondary N) is 1. The van der Waals surface area contributed by atoms with Gasteiger partial charge in [0.2, 0.25) is 5.91 Å². The highest BCUT2D eigenvalue weighted by molar-refractivity contribution is 7.91. The minimum absolute atomic E-state index is 0.000936. The van der Waals surface area contributed by atoms with Gasteiger partial charge < -0.3 is 5.32 Å². The summed E-state index contributed by atoms with van der Waals surface area (Å²) in [7, 11) is -3.72. The summed E-state index contributed by atoms with van der Waals surface area (Å²) in [6.07, 6.45) is 1.05. The van der Waals surface area contributed by atoms with Crippen molar-refractivity contribution in [2.75, 3.05) is 6.54 Å². The lowest BCUT2D eigenvalue weighted by atomic mass is 10.3. The summed E-state index contributed by atoms with van der Waals surface area (Å²) in [5.74, 6) is -0.670. The lowest BCUT2D eigenvalue weighted by Crippen LogP contribution is -2.31. The zero-order chi connectivity index (χ0) is 16.9. The monoisotopic (exact) mass is 355 g/mol. The van der Waals surface area contributed by atoms with Gasteiger partial charge in [-0.1, -0.05) is 13.0 Å². The summed E-state index contributed by atoms with van der Waals surface area (Å²) in [5.41, 5.74) is 0.